The van der Waals surface area contributed by atoms with Crippen molar-refractivity contribution in [3.8, 4) is 0 Å². The summed E-state index contributed by atoms with van der Waals surface area (Å²) in [6, 6.07) is 6.31. The number of carboxylic acid groups (broad SMARTS) is 1. The second kappa shape index (κ2) is 5.29. The Morgan fingerprint density at radius 2 is 2.12 bits per heavy atom. The molecule has 6 heteroatoms. The van der Waals surface area contributed by atoms with E-state index in [9.17, 15) is 13.2 Å². The van der Waals surface area contributed by atoms with Crippen molar-refractivity contribution < 1.29 is 18.3 Å². The molecule has 5 nitrogen and oxygen atoms in total. The first-order chi connectivity index (χ1) is 7.86. The fraction of sp³-hybridized carbons (Fsp3) is 0.364. The van der Waals surface area contributed by atoms with E-state index in [0.29, 0.717) is 5.56 Å². The Bertz CT molecular complexity index is 510. The van der Waals surface area contributed by atoms with Crippen LogP contribution in [0.15, 0.2) is 29.2 Å². The van der Waals surface area contributed by atoms with Crippen LogP contribution in [0.4, 0.5) is 0 Å². The van der Waals surface area contributed by atoms with Gasteiger partial charge < -0.3 is 5.11 Å². The first-order valence-electron chi connectivity index (χ1n) is 5.12. The van der Waals surface area contributed by atoms with Crippen LogP contribution < -0.4 is 4.72 Å². The number of benzene rings is 1. The molecule has 0 aliphatic carbocycles. The van der Waals surface area contributed by atoms with Gasteiger partial charge in [-0.3, -0.25) is 4.79 Å². The van der Waals surface area contributed by atoms with Crippen LogP contribution in [0.25, 0.3) is 0 Å². The van der Waals surface area contributed by atoms with E-state index in [2.05, 4.69) is 4.72 Å². The fourth-order valence-electron chi connectivity index (χ4n) is 1.49. The molecule has 17 heavy (non-hydrogen) atoms. The number of carboxylic acids is 1. The molecule has 0 saturated heterocycles. The van der Waals surface area contributed by atoms with Crippen LogP contribution in [-0.4, -0.2) is 26.5 Å². The lowest BCUT2D eigenvalue weighted by Crippen LogP contribution is -2.18. The molecule has 0 aliphatic rings. The zero-order valence-corrected chi connectivity index (χ0v) is 10.5. The van der Waals surface area contributed by atoms with Crippen LogP contribution in [0, 0.1) is 0 Å². The van der Waals surface area contributed by atoms with Gasteiger partial charge in [0.2, 0.25) is 10.0 Å². The third kappa shape index (κ3) is 3.54. The van der Waals surface area contributed by atoms with Crippen LogP contribution in [0.1, 0.15) is 24.8 Å². The number of rotatable bonds is 5. The summed E-state index contributed by atoms with van der Waals surface area (Å²) in [4.78, 5) is 10.7. The molecule has 0 saturated carbocycles. The van der Waals surface area contributed by atoms with E-state index in [1.807, 2.05) is 0 Å². The van der Waals surface area contributed by atoms with E-state index in [-0.39, 0.29) is 17.2 Å². The smallest absolute Gasteiger partial charge is 0.303 e. The molecule has 1 rings (SSSR count). The van der Waals surface area contributed by atoms with Crippen molar-refractivity contribution in [1.29, 1.82) is 0 Å². The third-order valence-corrected chi connectivity index (χ3v) is 3.90. The van der Waals surface area contributed by atoms with Crippen molar-refractivity contribution in [2.75, 3.05) is 7.05 Å². The molecule has 0 aromatic heterocycles. The normalized spacial score (nSPS) is 13.3. The van der Waals surface area contributed by atoms with Crippen molar-refractivity contribution >= 4 is 16.0 Å². The predicted molar refractivity (Wildman–Crippen MR) is 63.4 cm³/mol. The zero-order valence-electron chi connectivity index (χ0n) is 9.67. The molecule has 0 radical (unpaired) electrons. The molecular weight excluding hydrogens is 242 g/mol. The van der Waals surface area contributed by atoms with Gasteiger partial charge in [0.1, 0.15) is 0 Å². The molecule has 0 fully saturated rings. The Labute approximate surface area is 101 Å². The Kier molecular flexibility index (Phi) is 4.25. The van der Waals surface area contributed by atoms with Crippen molar-refractivity contribution in [2.45, 2.75) is 24.2 Å². The van der Waals surface area contributed by atoms with Crippen molar-refractivity contribution in [1.82, 2.24) is 4.72 Å². The lowest BCUT2D eigenvalue weighted by atomic mass is 9.98. The SMILES string of the molecule is CNS(=O)(=O)c1cccc(C(C)CC(=O)O)c1. The van der Waals surface area contributed by atoms with E-state index >= 15 is 0 Å². The quantitative estimate of drug-likeness (QED) is 0.829. The topological polar surface area (TPSA) is 83.5 Å². The van der Waals surface area contributed by atoms with Crippen LogP contribution in [0.3, 0.4) is 0 Å². The molecule has 0 heterocycles. The summed E-state index contributed by atoms with van der Waals surface area (Å²) in [5.74, 6) is -1.13. The van der Waals surface area contributed by atoms with Crippen LogP contribution in [0.2, 0.25) is 0 Å². The van der Waals surface area contributed by atoms with Gasteiger partial charge in [-0.25, -0.2) is 13.1 Å². The number of hydrogen-bond acceptors (Lipinski definition) is 3. The van der Waals surface area contributed by atoms with Gasteiger partial charge in [0, 0.05) is 0 Å². The van der Waals surface area contributed by atoms with E-state index in [1.165, 1.54) is 19.2 Å². The molecule has 94 valence electrons. The van der Waals surface area contributed by atoms with E-state index in [1.54, 1.807) is 19.1 Å². The summed E-state index contributed by atoms with van der Waals surface area (Å²) in [7, 11) is -2.14. The van der Waals surface area contributed by atoms with Gasteiger partial charge >= 0.3 is 5.97 Å². The highest BCUT2D eigenvalue weighted by Crippen LogP contribution is 2.21. The average molecular weight is 257 g/mol. The zero-order chi connectivity index (χ0) is 13.1. The highest BCUT2D eigenvalue weighted by molar-refractivity contribution is 7.89. The molecular formula is C11H15NO4S. The Balaban J connectivity index is 3.05. The Morgan fingerprint density at radius 3 is 2.65 bits per heavy atom. The number of sulfonamides is 1. The van der Waals surface area contributed by atoms with Gasteiger partial charge in [0.25, 0.3) is 0 Å². The minimum Gasteiger partial charge on any atom is -0.481 e. The summed E-state index contributed by atoms with van der Waals surface area (Å²) >= 11 is 0. The average Bonchev–Trinajstić information content (AvgIpc) is 2.28. The molecule has 1 aromatic rings. The maximum atomic E-state index is 11.6. The largest absolute Gasteiger partial charge is 0.481 e. The van der Waals surface area contributed by atoms with Gasteiger partial charge in [-0.05, 0) is 30.7 Å². The van der Waals surface area contributed by atoms with Crippen molar-refractivity contribution in [2.24, 2.45) is 0 Å². The number of hydrogen-bond donors (Lipinski definition) is 2. The summed E-state index contributed by atoms with van der Waals surface area (Å²) < 4.78 is 25.4. The van der Waals surface area contributed by atoms with Gasteiger partial charge in [0.15, 0.2) is 0 Å². The van der Waals surface area contributed by atoms with Crippen molar-refractivity contribution in [3.05, 3.63) is 29.8 Å². The lowest BCUT2D eigenvalue weighted by molar-refractivity contribution is -0.137. The molecule has 1 atom stereocenters. The van der Waals surface area contributed by atoms with Gasteiger partial charge in [-0.1, -0.05) is 19.1 Å². The minimum absolute atomic E-state index is 0.0247. The maximum Gasteiger partial charge on any atom is 0.303 e. The maximum absolute atomic E-state index is 11.6. The van der Waals surface area contributed by atoms with Crippen LogP contribution in [0.5, 0.6) is 0 Å². The summed E-state index contributed by atoms with van der Waals surface area (Å²) in [5, 5.41) is 8.69. The molecule has 0 bridgehead atoms. The molecule has 0 aliphatic heterocycles. The molecule has 1 unspecified atom stereocenters. The molecule has 2 N–H and O–H groups in total. The van der Waals surface area contributed by atoms with Gasteiger partial charge in [0.05, 0.1) is 11.3 Å². The second-order valence-electron chi connectivity index (χ2n) is 3.78. The highest BCUT2D eigenvalue weighted by Gasteiger charge is 2.15. The number of aliphatic carboxylic acids is 1. The van der Waals surface area contributed by atoms with Gasteiger partial charge in [-0.15, -0.1) is 0 Å². The fourth-order valence-corrected chi connectivity index (χ4v) is 2.27. The van der Waals surface area contributed by atoms with Crippen LogP contribution in [-0.2, 0) is 14.8 Å². The lowest BCUT2D eigenvalue weighted by Gasteiger charge is -2.10. The van der Waals surface area contributed by atoms with Crippen molar-refractivity contribution in [3.63, 3.8) is 0 Å². The van der Waals surface area contributed by atoms with Gasteiger partial charge in [-0.2, -0.15) is 0 Å². The molecule has 0 amide bonds. The first kappa shape index (κ1) is 13.7. The summed E-state index contributed by atoms with van der Waals surface area (Å²) in [6.45, 7) is 1.75. The minimum atomic E-state index is -3.48. The third-order valence-electron chi connectivity index (χ3n) is 2.49. The standard InChI is InChI=1S/C11H15NO4S/c1-8(6-11(13)14)9-4-3-5-10(7-9)17(15,16)12-2/h3-5,7-8,12H,6H2,1-2H3,(H,13,14). The molecule has 0 spiro atoms. The summed E-state index contributed by atoms with van der Waals surface area (Å²) in [6.07, 6.45) is -0.0247. The van der Waals surface area contributed by atoms with Crippen LogP contribution >= 0.6 is 0 Å². The second-order valence-corrected chi connectivity index (χ2v) is 5.67. The monoisotopic (exact) mass is 257 g/mol. The number of nitrogens with one attached hydrogen (secondary N) is 1. The Morgan fingerprint density at radius 1 is 1.47 bits per heavy atom. The summed E-state index contributed by atoms with van der Waals surface area (Å²) in [5.41, 5.74) is 0.698. The number of carbonyl (C=O) groups is 1. The van der Waals surface area contributed by atoms with E-state index in [4.69, 9.17) is 5.11 Å². The molecule has 1 aromatic carbocycles. The Hall–Kier alpha value is -1.40. The van der Waals surface area contributed by atoms with E-state index in [0.717, 1.165) is 0 Å². The van der Waals surface area contributed by atoms with E-state index < -0.39 is 16.0 Å². The highest BCUT2D eigenvalue weighted by atomic mass is 32.2. The first-order valence-corrected chi connectivity index (χ1v) is 6.60. The predicted octanol–water partition coefficient (Wildman–Crippen LogP) is 1.17.